The van der Waals surface area contributed by atoms with Crippen LogP contribution in [0.4, 0.5) is 18.9 Å². The molecular weight excluding hydrogens is 267 g/mol. The lowest BCUT2D eigenvalue weighted by Gasteiger charge is -2.19. The van der Waals surface area contributed by atoms with E-state index in [1.54, 1.807) is 0 Å². The number of rotatable bonds is 2. The van der Waals surface area contributed by atoms with Crippen molar-refractivity contribution in [2.24, 2.45) is 0 Å². The van der Waals surface area contributed by atoms with Gasteiger partial charge in [0.2, 0.25) is 0 Å². The quantitative estimate of drug-likeness (QED) is 0.885. The van der Waals surface area contributed by atoms with Crippen LogP contribution >= 0.6 is 11.6 Å². The van der Waals surface area contributed by atoms with Gasteiger partial charge in [-0.3, -0.25) is 0 Å². The molecule has 0 amide bonds. The summed E-state index contributed by atoms with van der Waals surface area (Å²) in [4.78, 5) is 0. The molecule has 0 spiro atoms. The molecule has 1 N–H and O–H groups in total. The molecule has 0 aromatic heterocycles. The maximum Gasteiger partial charge on any atom is 0.416 e. The average Bonchev–Trinajstić information content (AvgIpc) is 2.66. The Morgan fingerprint density at radius 2 is 2.11 bits per heavy atom. The maximum absolute atomic E-state index is 12.6. The first-order valence-corrected chi connectivity index (χ1v) is 6.00. The SMILES string of the molecule is CC1OCCC1Nc1cc(C(F)(F)F)ccc1Cl. The third-order valence-corrected chi connectivity index (χ3v) is 3.34. The van der Waals surface area contributed by atoms with E-state index in [1.807, 2.05) is 6.92 Å². The second-order valence-corrected chi connectivity index (χ2v) is 4.71. The van der Waals surface area contributed by atoms with Gasteiger partial charge in [-0.25, -0.2) is 0 Å². The van der Waals surface area contributed by atoms with E-state index in [4.69, 9.17) is 16.3 Å². The minimum absolute atomic E-state index is 0.00835. The highest BCUT2D eigenvalue weighted by Gasteiger charge is 2.31. The maximum atomic E-state index is 12.6. The fraction of sp³-hybridized carbons (Fsp3) is 0.500. The van der Waals surface area contributed by atoms with Gasteiger partial charge in [0.05, 0.1) is 28.4 Å². The van der Waals surface area contributed by atoms with Gasteiger partial charge in [-0.2, -0.15) is 13.2 Å². The van der Waals surface area contributed by atoms with Crippen molar-refractivity contribution in [1.29, 1.82) is 0 Å². The molecule has 0 radical (unpaired) electrons. The van der Waals surface area contributed by atoms with E-state index in [1.165, 1.54) is 6.07 Å². The first-order chi connectivity index (χ1) is 8.38. The van der Waals surface area contributed by atoms with Crippen LogP contribution in [0.15, 0.2) is 18.2 Å². The Bertz CT molecular complexity index is 436. The van der Waals surface area contributed by atoms with Crippen LogP contribution in [-0.2, 0) is 10.9 Å². The number of halogens is 4. The molecule has 100 valence electrons. The van der Waals surface area contributed by atoms with E-state index in [2.05, 4.69) is 5.32 Å². The number of anilines is 1. The predicted octanol–water partition coefficient (Wildman–Crippen LogP) is 3.95. The summed E-state index contributed by atoms with van der Waals surface area (Å²) in [5, 5.41) is 3.29. The normalized spacial score (nSPS) is 24.3. The first kappa shape index (κ1) is 13.5. The fourth-order valence-corrected chi connectivity index (χ4v) is 2.11. The summed E-state index contributed by atoms with van der Waals surface area (Å²) >= 11 is 5.90. The Morgan fingerprint density at radius 1 is 1.39 bits per heavy atom. The van der Waals surface area contributed by atoms with Gasteiger partial charge in [0.15, 0.2) is 0 Å². The highest BCUT2D eigenvalue weighted by molar-refractivity contribution is 6.33. The average molecular weight is 280 g/mol. The molecule has 1 aromatic rings. The summed E-state index contributed by atoms with van der Waals surface area (Å²) in [5.74, 6) is 0. The first-order valence-electron chi connectivity index (χ1n) is 5.63. The third kappa shape index (κ3) is 2.90. The molecular formula is C12H13ClF3NO. The molecule has 2 atom stereocenters. The molecule has 1 aliphatic heterocycles. The summed E-state index contributed by atoms with van der Waals surface area (Å²) in [6.45, 7) is 2.49. The molecule has 0 saturated carbocycles. The predicted molar refractivity (Wildman–Crippen MR) is 63.9 cm³/mol. The lowest BCUT2D eigenvalue weighted by atomic mass is 10.1. The van der Waals surface area contributed by atoms with Crippen molar-refractivity contribution in [1.82, 2.24) is 0 Å². The zero-order valence-electron chi connectivity index (χ0n) is 9.72. The minimum atomic E-state index is -4.36. The number of hydrogen-bond acceptors (Lipinski definition) is 2. The van der Waals surface area contributed by atoms with Gasteiger partial charge in [0, 0.05) is 6.61 Å². The van der Waals surface area contributed by atoms with Crippen LogP contribution in [-0.4, -0.2) is 18.8 Å². The standard InChI is InChI=1S/C12H13ClF3NO/c1-7-10(4-5-18-7)17-11-6-8(12(14,15)16)2-3-9(11)13/h2-3,6-7,10,17H,4-5H2,1H3. The molecule has 1 fully saturated rings. The summed E-state index contributed by atoms with van der Waals surface area (Å²) in [5.41, 5.74) is -0.408. The van der Waals surface area contributed by atoms with E-state index in [0.29, 0.717) is 12.3 Å². The highest BCUT2D eigenvalue weighted by atomic mass is 35.5. The molecule has 1 saturated heterocycles. The van der Waals surface area contributed by atoms with Gasteiger partial charge >= 0.3 is 6.18 Å². The zero-order valence-corrected chi connectivity index (χ0v) is 10.5. The summed E-state index contributed by atoms with van der Waals surface area (Å²) in [6.07, 6.45) is -3.64. The summed E-state index contributed by atoms with van der Waals surface area (Å²) in [6, 6.07) is 3.26. The largest absolute Gasteiger partial charge is 0.416 e. The van der Waals surface area contributed by atoms with Crippen molar-refractivity contribution >= 4 is 17.3 Å². The Morgan fingerprint density at radius 3 is 2.67 bits per heavy atom. The number of benzene rings is 1. The number of alkyl halides is 3. The lowest BCUT2D eigenvalue weighted by Crippen LogP contribution is -2.27. The van der Waals surface area contributed by atoms with Gasteiger partial charge in [-0.1, -0.05) is 11.6 Å². The van der Waals surface area contributed by atoms with Gasteiger partial charge < -0.3 is 10.1 Å². The number of hydrogen-bond donors (Lipinski definition) is 1. The minimum Gasteiger partial charge on any atom is -0.378 e. The number of ether oxygens (including phenoxy) is 1. The van der Waals surface area contributed by atoms with Crippen LogP contribution in [0.1, 0.15) is 18.9 Å². The summed E-state index contributed by atoms with van der Waals surface area (Å²) in [7, 11) is 0. The smallest absolute Gasteiger partial charge is 0.378 e. The Kier molecular flexibility index (Phi) is 3.73. The molecule has 18 heavy (non-hydrogen) atoms. The van der Waals surface area contributed by atoms with Crippen LogP contribution in [0.5, 0.6) is 0 Å². The van der Waals surface area contributed by atoms with Gasteiger partial charge in [0.1, 0.15) is 0 Å². The second-order valence-electron chi connectivity index (χ2n) is 4.31. The van der Waals surface area contributed by atoms with Crippen molar-refractivity contribution in [3.8, 4) is 0 Å². The van der Waals surface area contributed by atoms with Gasteiger partial charge in [0.25, 0.3) is 0 Å². The molecule has 0 aliphatic carbocycles. The molecule has 1 aromatic carbocycles. The van der Waals surface area contributed by atoms with E-state index in [0.717, 1.165) is 18.6 Å². The molecule has 6 heteroatoms. The van der Waals surface area contributed by atoms with Crippen molar-refractivity contribution < 1.29 is 17.9 Å². The van der Waals surface area contributed by atoms with Gasteiger partial charge in [-0.15, -0.1) is 0 Å². The van der Waals surface area contributed by atoms with Crippen molar-refractivity contribution in [2.45, 2.75) is 31.7 Å². The van der Waals surface area contributed by atoms with E-state index in [-0.39, 0.29) is 17.2 Å². The van der Waals surface area contributed by atoms with Gasteiger partial charge in [-0.05, 0) is 31.5 Å². The molecule has 0 bridgehead atoms. The van der Waals surface area contributed by atoms with Crippen LogP contribution in [0.3, 0.4) is 0 Å². The van der Waals surface area contributed by atoms with Crippen molar-refractivity contribution in [3.05, 3.63) is 28.8 Å². The topological polar surface area (TPSA) is 21.3 Å². The second kappa shape index (κ2) is 4.97. The van der Waals surface area contributed by atoms with Crippen molar-refractivity contribution in [2.75, 3.05) is 11.9 Å². The zero-order chi connectivity index (χ0) is 13.3. The third-order valence-electron chi connectivity index (χ3n) is 3.01. The van der Waals surface area contributed by atoms with Crippen molar-refractivity contribution in [3.63, 3.8) is 0 Å². The summed E-state index contributed by atoms with van der Waals surface area (Å²) < 4.78 is 43.1. The Labute approximate surface area is 108 Å². The van der Waals surface area contributed by atoms with E-state index in [9.17, 15) is 13.2 Å². The van der Waals surface area contributed by atoms with Crippen LogP contribution in [0.25, 0.3) is 0 Å². The fourth-order valence-electron chi connectivity index (χ4n) is 1.93. The Balaban J connectivity index is 2.21. The van der Waals surface area contributed by atoms with Crippen LogP contribution in [0, 0.1) is 0 Å². The monoisotopic (exact) mass is 279 g/mol. The lowest BCUT2D eigenvalue weighted by molar-refractivity contribution is -0.137. The number of nitrogens with one attached hydrogen (secondary N) is 1. The highest BCUT2D eigenvalue weighted by Crippen LogP contribution is 2.34. The molecule has 1 heterocycles. The van der Waals surface area contributed by atoms with Crippen LogP contribution in [0.2, 0.25) is 5.02 Å². The molecule has 2 nitrogen and oxygen atoms in total. The molecule has 1 aliphatic rings. The molecule has 2 rings (SSSR count). The van der Waals surface area contributed by atoms with Crippen LogP contribution < -0.4 is 5.32 Å². The van der Waals surface area contributed by atoms with E-state index < -0.39 is 11.7 Å². The Hall–Kier alpha value is -0.940. The molecule has 2 unspecified atom stereocenters. The van der Waals surface area contributed by atoms with E-state index >= 15 is 0 Å².